The Kier molecular flexibility index (Phi) is 7.62. The van der Waals surface area contributed by atoms with Crippen LogP contribution in [0.3, 0.4) is 0 Å². The largest absolute Gasteiger partial charge is 0.356 e. The number of hydrogen-bond acceptors (Lipinski definition) is 4. The van der Waals surface area contributed by atoms with E-state index in [0.717, 1.165) is 32.5 Å². The van der Waals surface area contributed by atoms with E-state index in [2.05, 4.69) is 57.6 Å². The second-order valence-corrected chi connectivity index (χ2v) is 6.44. The van der Waals surface area contributed by atoms with E-state index >= 15 is 0 Å². The summed E-state index contributed by atoms with van der Waals surface area (Å²) in [7, 11) is 0. The lowest BCUT2D eigenvalue weighted by Gasteiger charge is -2.20. The number of carbonyl (C=O) groups excluding carboxylic acids is 1. The van der Waals surface area contributed by atoms with Crippen molar-refractivity contribution in [2.45, 2.75) is 51.2 Å². The van der Waals surface area contributed by atoms with Gasteiger partial charge in [0.1, 0.15) is 0 Å². The van der Waals surface area contributed by atoms with Gasteiger partial charge in [-0.3, -0.25) is 9.69 Å². The van der Waals surface area contributed by atoms with Crippen LogP contribution < -0.4 is 5.32 Å². The zero-order valence-electron chi connectivity index (χ0n) is 15.1. The molecule has 0 radical (unpaired) electrons. The molecule has 0 unspecified atom stereocenters. The molecule has 0 spiro atoms. The summed E-state index contributed by atoms with van der Waals surface area (Å²) in [6.07, 6.45) is 8.74. The van der Waals surface area contributed by atoms with E-state index in [1.165, 1.54) is 5.56 Å². The SMILES string of the molecule is C#CCCC1(CCC(=O)NCCCN(CC)Cc2ccccc2)N=N1. The molecule has 0 fully saturated rings. The molecule has 1 heterocycles. The summed E-state index contributed by atoms with van der Waals surface area (Å²) in [5, 5.41) is 11.1. The Hall–Kier alpha value is -2.19. The number of carbonyl (C=O) groups is 1. The Morgan fingerprint density at radius 1 is 1.28 bits per heavy atom. The molecule has 134 valence electrons. The van der Waals surface area contributed by atoms with Gasteiger partial charge in [0.25, 0.3) is 0 Å². The first-order chi connectivity index (χ1) is 12.2. The summed E-state index contributed by atoms with van der Waals surface area (Å²) >= 11 is 0. The monoisotopic (exact) mass is 340 g/mol. The van der Waals surface area contributed by atoms with E-state index in [9.17, 15) is 4.79 Å². The number of rotatable bonds is 12. The van der Waals surface area contributed by atoms with Crippen LogP contribution in [0.25, 0.3) is 0 Å². The molecular weight excluding hydrogens is 312 g/mol. The zero-order chi connectivity index (χ0) is 18.0. The van der Waals surface area contributed by atoms with Crippen LogP contribution in [0.4, 0.5) is 0 Å². The Balaban J connectivity index is 1.57. The van der Waals surface area contributed by atoms with Crippen molar-refractivity contribution < 1.29 is 4.79 Å². The van der Waals surface area contributed by atoms with Gasteiger partial charge in [-0.25, -0.2) is 0 Å². The molecule has 25 heavy (non-hydrogen) atoms. The standard InChI is InChI=1S/C20H28N4O/c1-3-5-13-20(22-23-20)14-12-19(25)21-15-9-16-24(4-2)17-18-10-7-6-8-11-18/h1,6-8,10-11H,4-5,9,12-17H2,2H3,(H,21,25). The molecule has 1 amide bonds. The van der Waals surface area contributed by atoms with Gasteiger partial charge in [-0.1, -0.05) is 37.3 Å². The van der Waals surface area contributed by atoms with E-state index < -0.39 is 0 Å². The maximum atomic E-state index is 11.9. The number of terminal acetylenes is 1. The molecule has 1 N–H and O–H groups in total. The molecule has 5 nitrogen and oxygen atoms in total. The fraction of sp³-hybridized carbons (Fsp3) is 0.550. The summed E-state index contributed by atoms with van der Waals surface area (Å²) in [5.41, 5.74) is 0.959. The molecule has 0 aromatic heterocycles. The highest BCUT2D eigenvalue weighted by Gasteiger charge is 2.39. The second-order valence-electron chi connectivity index (χ2n) is 6.44. The Labute approximate surface area is 150 Å². The smallest absolute Gasteiger partial charge is 0.220 e. The fourth-order valence-corrected chi connectivity index (χ4v) is 2.79. The zero-order valence-corrected chi connectivity index (χ0v) is 15.1. The van der Waals surface area contributed by atoms with Crippen molar-refractivity contribution in [3.63, 3.8) is 0 Å². The number of nitrogens with one attached hydrogen (secondary N) is 1. The van der Waals surface area contributed by atoms with Gasteiger partial charge in [0.15, 0.2) is 5.66 Å². The Morgan fingerprint density at radius 2 is 2.04 bits per heavy atom. The van der Waals surface area contributed by atoms with E-state index in [0.29, 0.717) is 25.8 Å². The molecule has 0 saturated carbocycles. The summed E-state index contributed by atoms with van der Waals surface area (Å²) in [5.74, 6) is 2.67. The molecule has 0 saturated heterocycles. The highest BCUT2D eigenvalue weighted by molar-refractivity contribution is 5.75. The van der Waals surface area contributed by atoms with Crippen LogP contribution in [0.15, 0.2) is 40.6 Å². The first kappa shape index (κ1) is 19.1. The van der Waals surface area contributed by atoms with Crippen LogP contribution in [-0.4, -0.2) is 36.1 Å². The lowest BCUT2D eigenvalue weighted by molar-refractivity contribution is -0.121. The molecule has 0 bridgehead atoms. The van der Waals surface area contributed by atoms with Crippen molar-refractivity contribution in [1.82, 2.24) is 10.2 Å². The molecule has 1 aliphatic rings. The molecule has 0 atom stereocenters. The van der Waals surface area contributed by atoms with E-state index in [-0.39, 0.29) is 11.6 Å². The average molecular weight is 340 g/mol. The van der Waals surface area contributed by atoms with Gasteiger partial charge in [0.05, 0.1) is 0 Å². The number of benzene rings is 1. The van der Waals surface area contributed by atoms with Gasteiger partial charge in [-0.2, -0.15) is 10.2 Å². The maximum absolute atomic E-state index is 11.9. The van der Waals surface area contributed by atoms with E-state index in [1.54, 1.807) is 0 Å². The van der Waals surface area contributed by atoms with Crippen LogP contribution in [0, 0.1) is 12.3 Å². The number of amides is 1. The quantitative estimate of drug-likeness (QED) is 0.468. The molecule has 1 aromatic rings. The van der Waals surface area contributed by atoms with Crippen LogP contribution in [0.5, 0.6) is 0 Å². The van der Waals surface area contributed by atoms with Crippen molar-refractivity contribution in [3.05, 3.63) is 35.9 Å². The van der Waals surface area contributed by atoms with Gasteiger partial charge in [0, 0.05) is 45.3 Å². The van der Waals surface area contributed by atoms with Crippen molar-refractivity contribution in [2.75, 3.05) is 19.6 Å². The average Bonchev–Trinajstić information content (AvgIpc) is 3.42. The topological polar surface area (TPSA) is 57.1 Å². The first-order valence-electron chi connectivity index (χ1n) is 9.08. The first-order valence-corrected chi connectivity index (χ1v) is 9.08. The van der Waals surface area contributed by atoms with Crippen LogP contribution in [-0.2, 0) is 11.3 Å². The molecule has 2 rings (SSSR count). The third-order valence-corrected chi connectivity index (χ3v) is 4.47. The van der Waals surface area contributed by atoms with Crippen molar-refractivity contribution in [1.29, 1.82) is 0 Å². The van der Waals surface area contributed by atoms with Gasteiger partial charge in [0.2, 0.25) is 5.91 Å². The summed E-state index contributed by atoms with van der Waals surface area (Å²) in [4.78, 5) is 14.3. The fourth-order valence-electron chi connectivity index (χ4n) is 2.79. The van der Waals surface area contributed by atoms with Gasteiger partial charge >= 0.3 is 0 Å². The molecular formula is C20H28N4O. The third kappa shape index (κ3) is 7.06. The molecule has 1 aromatic carbocycles. The van der Waals surface area contributed by atoms with Crippen molar-refractivity contribution >= 4 is 5.91 Å². The number of hydrogen-bond donors (Lipinski definition) is 1. The van der Waals surface area contributed by atoms with E-state index in [1.807, 2.05) is 6.07 Å². The summed E-state index contributed by atoms with van der Waals surface area (Å²) in [6, 6.07) is 10.5. The minimum absolute atomic E-state index is 0.0727. The Bertz CT molecular complexity index is 600. The maximum Gasteiger partial charge on any atom is 0.220 e. The van der Waals surface area contributed by atoms with Gasteiger partial charge in [-0.05, 0) is 18.5 Å². The highest BCUT2D eigenvalue weighted by Crippen LogP contribution is 2.37. The molecule has 1 aliphatic heterocycles. The summed E-state index contributed by atoms with van der Waals surface area (Å²) in [6.45, 7) is 5.80. The lowest BCUT2D eigenvalue weighted by atomic mass is 10.0. The van der Waals surface area contributed by atoms with Gasteiger partial charge in [-0.15, -0.1) is 12.3 Å². The van der Waals surface area contributed by atoms with Crippen LogP contribution in [0.1, 0.15) is 44.6 Å². The predicted molar refractivity (Wildman–Crippen MR) is 99.9 cm³/mol. The van der Waals surface area contributed by atoms with Crippen LogP contribution >= 0.6 is 0 Å². The van der Waals surface area contributed by atoms with E-state index in [4.69, 9.17) is 6.42 Å². The summed E-state index contributed by atoms with van der Waals surface area (Å²) < 4.78 is 0. The third-order valence-electron chi connectivity index (χ3n) is 4.47. The minimum Gasteiger partial charge on any atom is -0.356 e. The molecule has 5 heteroatoms. The van der Waals surface area contributed by atoms with Crippen molar-refractivity contribution in [2.24, 2.45) is 10.2 Å². The predicted octanol–water partition coefficient (Wildman–Crippen LogP) is 3.37. The van der Waals surface area contributed by atoms with Gasteiger partial charge < -0.3 is 5.32 Å². The lowest BCUT2D eigenvalue weighted by Crippen LogP contribution is -2.30. The van der Waals surface area contributed by atoms with Crippen molar-refractivity contribution in [3.8, 4) is 12.3 Å². The minimum atomic E-state index is -0.363. The van der Waals surface area contributed by atoms with Crippen LogP contribution in [0.2, 0.25) is 0 Å². The number of nitrogens with zero attached hydrogens (tertiary/aromatic N) is 3. The molecule has 0 aliphatic carbocycles. The Morgan fingerprint density at radius 3 is 2.68 bits per heavy atom. The normalized spacial score (nSPS) is 14.3. The highest BCUT2D eigenvalue weighted by atomic mass is 16.1. The second kappa shape index (κ2) is 9.95.